The van der Waals surface area contributed by atoms with Crippen molar-refractivity contribution in [3.8, 4) is 0 Å². The number of ether oxygens (including phenoxy) is 2. The highest BCUT2D eigenvalue weighted by molar-refractivity contribution is 6.06. The fourth-order valence-electron chi connectivity index (χ4n) is 4.64. The Hall–Kier alpha value is -3.52. The van der Waals surface area contributed by atoms with Gasteiger partial charge in [0.2, 0.25) is 11.8 Å². The van der Waals surface area contributed by atoms with E-state index in [2.05, 4.69) is 17.6 Å². The molecule has 0 bridgehead atoms. The minimum Gasteiger partial charge on any atom is -0.460 e. The van der Waals surface area contributed by atoms with Gasteiger partial charge in [0.1, 0.15) is 12.0 Å². The molecule has 0 aliphatic heterocycles. The molecule has 0 aliphatic rings. The molecule has 8 nitrogen and oxygen atoms in total. The van der Waals surface area contributed by atoms with E-state index < -0.39 is 29.1 Å². The Morgan fingerprint density at radius 3 is 1.82 bits per heavy atom. The lowest BCUT2D eigenvalue weighted by Crippen LogP contribution is -2.52. The number of carbonyl (C=O) groups excluding carboxylic acids is 4. The van der Waals surface area contributed by atoms with Gasteiger partial charge in [-0.25, -0.2) is 0 Å². The van der Waals surface area contributed by atoms with E-state index in [1.165, 1.54) is 45.1 Å². The summed E-state index contributed by atoms with van der Waals surface area (Å²) in [4.78, 5) is 50.7. The van der Waals surface area contributed by atoms with Crippen LogP contribution in [0.5, 0.6) is 0 Å². The van der Waals surface area contributed by atoms with Crippen LogP contribution in [0, 0.1) is 11.3 Å². The molecular formula is C37H56N2O6. The van der Waals surface area contributed by atoms with Crippen molar-refractivity contribution in [2.45, 2.75) is 112 Å². The smallest absolute Gasteiger partial charge is 0.319 e. The Morgan fingerprint density at radius 1 is 0.756 bits per heavy atom. The first-order chi connectivity index (χ1) is 21.5. The number of nitrogens with one attached hydrogen (secondary N) is 2. The van der Waals surface area contributed by atoms with E-state index in [-0.39, 0.29) is 25.0 Å². The van der Waals surface area contributed by atoms with Crippen LogP contribution in [0.2, 0.25) is 0 Å². The third kappa shape index (κ3) is 17.5. The third-order valence-electron chi connectivity index (χ3n) is 7.31. The predicted molar refractivity (Wildman–Crippen MR) is 179 cm³/mol. The summed E-state index contributed by atoms with van der Waals surface area (Å²) in [6, 6.07) is 18.5. The van der Waals surface area contributed by atoms with Crippen molar-refractivity contribution in [3.63, 3.8) is 0 Å². The number of rotatable bonds is 20. The monoisotopic (exact) mass is 624 g/mol. The lowest BCUT2D eigenvalue weighted by Gasteiger charge is -2.28. The van der Waals surface area contributed by atoms with Crippen molar-refractivity contribution < 1.29 is 28.7 Å². The number of hydrogen-bond donors (Lipinski definition) is 2. The van der Waals surface area contributed by atoms with Gasteiger partial charge < -0.3 is 20.1 Å². The number of unbranched alkanes of at least 4 members (excludes halogenated alkanes) is 6. The molecule has 0 heterocycles. The minimum atomic E-state index is -1.43. The van der Waals surface area contributed by atoms with Crippen LogP contribution < -0.4 is 10.6 Å². The number of carbonyl (C=O) groups is 4. The van der Waals surface area contributed by atoms with Crippen LogP contribution in [-0.2, 0) is 41.9 Å². The molecule has 250 valence electrons. The zero-order chi connectivity index (χ0) is 33.5. The van der Waals surface area contributed by atoms with E-state index in [0.717, 1.165) is 24.8 Å². The second kappa shape index (κ2) is 22.9. The predicted octanol–water partition coefficient (Wildman–Crippen LogP) is 6.95. The fraction of sp³-hybridized carbons (Fsp3) is 0.568. The summed E-state index contributed by atoms with van der Waals surface area (Å²) in [5, 5.41) is 5.36. The average molecular weight is 625 g/mol. The Bertz CT molecular complexity index is 1120. The summed E-state index contributed by atoms with van der Waals surface area (Å²) >= 11 is 0. The molecule has 0 saturated carbocycles. The quantitative estimate of drug-likeness (QED) is 0.0938. The van der Waals surface area contributed by atoms with Crippen LogP contribution in [0.4, 0.5) is 0 Å². The van der Waals surface area contributed by atoms with Crippen molar-refractivity contribution in [3.05, 3.63) is 71.8 Å². The molecule has 0 fully saturated rings. The number of ketones is 1. The van der Waals surface area contributed by atoms with Crippen molar-refractivity contribution in [1.82, 2.24) is 10.6 Å². The van der Waals surface area contributed by atoms with E-state index in [1.807, 2.05) is 74.5 Å². The molecule has 0 radical (unpaired) electrons. The molecule has 2 N–H and O–H groups in total. The minimum absolute atomic E-state index is 0.0718. The van der Waals surface area contributed by atoms with Crippen molar-refractivity contribution in [2.24, 2.45) is 11.3 Å². The summed E-state index contributed by atoms with van der Waals surface area (Å²) in [6.45, 7) is 9.69. The standard InChI is InChI=1S/C29H46N2O5.C8H10O/c1-6-7-8-9-10-11-15-18-25(32)30-20-26(33)31-24(19-22(2)3)27(34)29(4,5)28(35)36-21-23-16-13-12-14-17-23;1-9-7-8-5-3-2-4-6-8/h12-14,16-17,22,24H,6-11,15,18-21H2,1-5H3,(H,30,32)(H,31,33);2-6H,7H2,1H3/t24-;/m0./s1. The fourth-order valence-corrected chi connectivity index (χ4v) is 4.64. The molecule has 2 aromatic carbocycles. The maximum atomic E-state index is 13.3. The molecule has 2 aromatic rings. The molecule has 8 heteroatoms. The number of hydrogen-bond acceptors (Lipinski definition) is 6. The third-order valence-corrected chi connectivity index (χ3v) is 7.31. The van der Waals surface area contributed by atoms with Gasteiger partial charge in [0, 0.05) is 13.5 Å². The van der Waals surface area contributed by atoms with E-state index in [4.69, 9.17) is 9.47 Å². The molecule has 2 amide bonds. The van der Waals surface area contributed by atoms with Gasteiger partial charge in [-0.15, -0.1) is 0 Å². The van der Waals surface area contributed by atoms with Gasteiger partial charge >= 0.3 is 5.97 Å². The Morgan fingerprint density at radius 2 is 1.29 bits per heavy atom. The zero-order valence-electron chi connectivity index (χ0n) is 28.4. The Balaban J connectivity index is 0.000000956. The molecule has 0 unspecified atom stereocenters. The van der Waals surface area contributed by atoms with Crippen molar-refractivity contribution >= 4 is 23.6 Å². The van der Waals surface area contributed by atoms with E-state index in [1.54, 1.807) is 7.11 Å². The number of methoxy groups -OCH3 is 1. The van der Waals surface area contributed by atoms with E-state index >= 15 is 0 Å². The summed E-state index contributed by atoms with van der Waals surface area (Å²) in [5.41, 5.74) is 0.621. The lowest BCUT2D eigenvalue weighted by molar-refractivity contribution is -0.160. The number of amides is 2. The molecule has 45 heavy (non-hydrogen) atoms. The van der Waals surface area contributed by atoms with Gasteiger partial charge in [0.15, 0.2) is 5.78 Å². The largest absolute Gasteiger partial charge is 0.460 e. The molecule has 0 spiro atoms. The van der Waals surface area contributed by atoms with Crippen molar-refractivity contribution in [2.75, 3.05) is 13.7 Å². The first kappa shape index (κ1) is 39.5. The lowest BCUT2D eigenvalue weighted by atomic mass is 9.81. The first-order valence-corrected chi connectivity index (χ1v) is 16.4. The Kier molecular flexibility index (Phi) is 20.1. The van der Waals surface area contributed by atoms with Gasteiger partial charge in [-0.05, 0) is 43.7 Å². The number of esters is 1. The van der Waals surface area contributed by atoms with E-state index in [9.17, 15) is 19.2 Å². The highest BCUT2D eigenvalue weighted by atomic mass is 16.5. The summed E-state index contributed by atoms with van der Waals surface area (Å²) in [7, 11) is 1.70. The first-order valence-electron chi connectivity index (χ1n) is 16.4. The second-order valence-electron chi connectivity index (χ2n) is 12.4. The van der Waals surface area contributed by atoms with Crippen LogP contribution in [0.3, 0.4) is 0 Å². The summed E-state index contributed by atoms with van der Waals surface area (Å²) in [6.07, 6.45) is 8.58. The van der Waals surface area contributed by atoms with Gasteiger partial charge in [0.25, 0.3) is 0 Å². The highest BCUT2D eigenvalue weighted by Gasteiger charge is 2.42. The molecular weight excluding hydrogens is 568 g/mol. The Labute approximate surface area is 271 Å². The van der Waals surface area contributed by atoms with Crippen LogP contribution in [0.1, 0.15) is 104 Å². The normalized spacial score (nSPS) is 11.6. The average Bonchev–Trinajstić information content (AvgIpc) is 3.02. The molecule has 0 saturated heterocycles. The van der Waals surface area contributed by atoms with Crippen LogP contribution in [0.25, 0.3) is 0 Å². The molecule has 0 aromatic heterocycles. The van der Waals surface area contributed by atoms with Gasteiger partial charge in [-0.2, -0.15) is 0 Å². The molecule has 2 rings (SSSR count). The summed E-state index contributed by atoms with van der Waals surface area (Å²) < 4.78 is 10.3. The second-order valence-corrected chi connectivity index (χ2v) is 12.4. The van der Waals surface area contributed by atoms with Crippen molar-refractivity contribution in [1.29, 1.82) is 0 Å². The molecule has 1 atom stereocenters. The SMILES string of the molecule is CCCCCCCCCC(=O)NCC(=O)N[C@@H](CC(C)C)C(=O)C(C)(C)C(=O)OCc1ccccc1.COCc1ccccc1. The van der Waals surface area contributed by atoms with Gasteiger partial charge in [-0.1, -0.05) is 120 Å². The van der Waals surface area contributed by atoms with Crippen LogP contribution in [0.15, 0.2) is 60.7 Å². The number of Topliss-reactive ketones (excluding diaryl/α,β-unsaturated/α-hetero) is 1. The maximum absolute atomic E-state index is 13.3. The topological polar surface area (TPSA) is 111 Å². The van der Waals surface area contributed by atoms with Crippen LogP contribution >= 0.6 is 0 Å². The van der Waals surface area contributed by atoms with E-state index in [0.29, 0.717) is 19.4 Å². The molecule has 0 aliphatic carbocycles. The summed E-state index contributed by atoms with van der Waals surface area (Å²) in [5.74, 6) is -1.55. The zero-order valence-corrected chi connectivity index (χ0v) is 28.4. The number of benzene rings is 2. The van der Waals surface area contributed by atoms with Gasteiger partial charge in [-0.3, -0.25) is 19.2 Å². The van der Waals surface area contributed by atoms with Crippen LogP contribution in [-0.4, -0.2) is 43.3 Å². The highest BCUT2D eigenvalue weighted by Crippen LogP contribution is 2.24. The van der Waals surface area contributed by atoms with Gasteiger partial charge in [0.05, 0.1) is 19.2 Å². The maximum Gasteiger partial charge on any atom is 0.319 e.